The van der Waals surface area contributed by atoms with Gasteiger partial charge in [-0.15, -0.1) is 0 Å². The number of rotatable bonds is 5. The normalized spacial score (nSPS) is 12.1. The standard InChI is InChI=1S/C11H13BrN2O2/c1-8(12)7-13-9(2)10-4-3-5-11(6-10)14(15)16/h3-6,9,13H,1,7H2,2H3. The van der Waals surface area contributed by atoms with Gasteiger partial charge in [0.2, 0.25) is 0 Å². The number of hydrogen-bond donors (Lipinski definition) is 1. The Kier molecular flexibility index (Phi) is 4.64. The summed E-state index contributed by atoms with van der Waals surface area (Å²) in [7, 11) is 0. The van der Waals surface area contributed by atoms with Gasteiger partial charge in [0.25, 0.3) is 5.69 Å². The average Bonchev–Trinajstić information content (AvgIpc) is 2.26. The van der Waals surface area contributed by atoms with Crippen LogP contribution in [0.5, 0.6) is 0 Å². The van der Waals surface area contributed by atoms with Crippen LogP contribution in [-0.2, 0) is 0 Å². The van der Waals surface area contributed by atoms with Gasteiger partial charge in [-0.1, -0.05) is 34.6 Å². The molecule has 1 aromatic carbocycles. The van der Waals surface area contributed by atoms with E-state index in [2.05, 4.69) is 27.8 Å². The predicted octanol–water partition coefficient (Wildman–Crippen LogP) is 3.15. The monoisotopic (exact) mass is 284 g/mol. The number of nitrogens with zero attached hydrogens (tertiary/aromatic N) is 1. The van der Waals surface area contributed by atoms with Crippen LogP contribution in [0, 0.1) is 10.1 Å². The lowest BCUT2D eigenvalue weighted by Crippen LogP contribution is -2.19. The van der Waals surface area contributed by atoms with Gasteiger partial charge in [0.05, 0.1) is 4.92 Å². The minimum atomic E-state index is -0.389. The van der Waals surface area contributed by atoms with Crippen LogP contribution >= 0.6 is 15.9 Å². The number of benzene rings is 1. The summed E-state index contributed by atoms with van der Waals surface area (Å²) in [4.78, 5) is 10.2. The Labute approximate surface area is 103 Å². The Balaban J connectivity index is 2.75. The zero-order valence-electron chi connectivity index (χ0n) is 8.94. The summed E-state index contributed by atoms with van der Waals surface area (Å²) in [6, 6.07) is 6.67. The summed E-state index contributed by atoms with van der Waals surface area (Å²) in [5.41, 5.74) is 1.01. The molecule has 1 N–H and O–H groups in total. The van der Waals surface area contributed by atoms with Crippen molar-refractivity contribution in [3.63, 3.8) is 0 Å². The summed E-state index contributed by atoms with van der Waals surface area (Å²) in [6.07, 6.45) is 0. The molecule has 1 rings (SSSR count). The summed E-state index contributed by atoms with van der Waals surface area (Å²) in [5, 5.41) is 13.8. The van der Waals surface area contributed by atoms with Gasteiger partial charge in [-0.3, -0.25) is 10.1 Å². The number of nitro groups is 1. The molecule has 0 aromatic heterocycles. The molecule has 0 saturated carbocycles. The molecular weight excluding hydrogens is 272 g/mol. The van der Waals surface area contributed by atoms with Gasteiger partial charge in [0.1, 0.15) is 0 Å². The molecule has 0 spiro atoms. The Morgan fingerprint density at radius 2 is 2.38 bits per heavy atom. The van der Waals surface area contributed by atoms with E-state index in [1.54, 1.807) is 12.1 Å². The third-order valence-electron chi connectivity index (χ3n) is 2.18. The van der Waals surface area contributed by atoms with E-state index >= 15 is 0 Å². The first-order valence-corrected chi connectivity index (χ1v) is 5.61. The molecule has 0 aliphatic rings. The van der Waals surface area contributed by atoms with Crippen molar-refractivity contribution in [3.8, 4) is 0 Å². The molecule has 0 saturated heterocycles. The third-order valence-corrected chi connectivity index (χ3v) is 2.46. The van der Waals surface area contributed by atoms with Crippen molar-refractivity contribution in [1.29, 1.82) is 0 Å². The molecule has 0 heterocycles. The van der Waals surface area contributed by atoms with Crippen LogP contribution in [0.25, 0.3) is 0 Å². The van der Waals surface area contributed by atoms with Crippen molar-refractivity contribution in [2.24, 2.45) is 0 Å². The number of nitrogens with one attached hydrogen (secondary N) is 1. The van der Waals surface area contributed by atoms with E-state index in [9.17, 15) is 10.1 Å². The Hall–Kier alpha value is -1.20. The van der Waals surface area contributed by atoms with Crippen molar-refractivity contribution in [2.75, 3.05) is 6.54 Å². The second-order valence-electron chi connectivity index (χ2n) is 3.47. The van der Waals surface area contributed by atoms with Crippen molar-refractivity contribution < 1.29 is 4.92 Å². The van der Waals surface area contributed by atoms with E-state index < -0.39 is 0 Å². The van der Waals surface area contributed by atoms with E-state index in [0.29, 0.717) is 6.54 Å². The molecule has 0 amide bonds. The van der Waals surface area contributed by atoms with Crippen molar-refractivity contribution in [2.45, 2.75) is 13.0 Å². The van der Waals surface area contributed by atoms with Gasteiger partial charge in [-0.2, -0.15) is 0 Å². The fourth-order valence-electron chi connectivity index (χ4n) is 1.29. The molecule has 1 unspecified atom stereocenters. The molecule has 0 aliphatic heterocycles. The quantitative estimate of drug-likeness (QED) is 0.668. The molecule has 0 aliphatic carbocycles. The molecular formula is C11H13BrN2O2. The highest BCUT2D eigenvalue weighted by Crippen LogP contribution is 2.19. The highest BCUT2D eigenvalue weighted by molar-refractivity contribution is 9.11. The fourth-order valence-corrected chi connectivity index (χ4v) is 1.45. The second kappa shape index (κ2) is 5.77. The molecule has 5 heteroatoms. The maximum Gasteiger partial charge on any atom is 0.269 e. The highest BCUT2D eigenvalue weighted by atomic mass is 79.9. The molecule has 0 radical (unpaired) electrons. The number of hydrogen-bond acceptors (Lipinski definition) is 3. The first-order valence-electron chi connectivity index (χ1n) is 4.81. The van der Waals surface area contributed by atoms with Gasteiger partial charge >= 0.3 is 0 Å². The SMILES string of the molecule is C=C(Br)CNC(C)c1cccc([N+](=O)[O-])c1. The molecule has 16 heavy (non-hydrogen) atoms. The van der Waals surface area contributed by atoms with E-state index in [0.717, 1.165) is 10.0 Å². The van der Waals surface area contributed by atoms with Crippen LogP contribution in [0.3, 0.4) is 0 Å². The van der Waals surface area contributed by atoms with Crippen LogP contribution in [0.1, 0.15) is 18.5 Å². The Bertz CT molecular complexity index is 407. The van der Waals surface area contributed by atoms with E-state index in [1.807, 2.05) is 13.0 Å². The zero-order chi connectivity index (χ0) is 12.1. The number of halogens is 1. The number of nitro benzene ring substituents is 1. The van der Waals surface area contributed by atoms with E-state index in [4.69, 9.17) is 0 Å². The first kappa shape index (κ1) is 12.9. The van der Waals surface area contributed by atoms with Crippen molar-refractivity contribution >= 4 is 21.6 Å². The smallest absolute Gasteiger partial charge is 0.269 e. The number of non-ortho nitro benzene ring substituents is 1. The molecule has 4 nitrogen and oxygen atoms in total. The van der Waals surface area contributed by atoms with Gasteiger partial charge in [-0.05, 0) is 12.5 Å². The lowest BCUT2D eigenvalue weighted by Gasteiger charge is -2.13. The lowest BCUT2D eigenvalue weighted by atomic mass is 10.1. The van der Waals surface area contributed by atoms with Crippen LogP contribution in [0.2, 0.25) is 0 Å². The van der Waals surface area contributed by atoms with E-state index in [1.165, 1.54) is 6.07 Å². The topological polar surface area (TPSA) is 55.2 Å². The highest BCUT2D eigenvalue weighted by Gasteiger charge is 2.10. The van der Waals surface area contributed by atoms with Gasteiger partial charge < -0.3 is 5.32 Å². The van der Waals surface area contributed by atoms with E-state index in [-0.39, 0.29) is 16.7 Å². The molecule has 1 aromatic rings. The van der Waals surface area contributed by atoms with Crippen molar-refractivity contribution in [3.05, 3.63) is 51.0 Å². The first-order chi connectivity index (χ1) is 7.50. The van der Waals surface area contributed by atoms with Gasteiger partial charge in [0, 0.05) is 29.2 Å². The minimum Gasteiger partial charge on any atom is -0.306 e. The molecule has 1 atom stereocenters. The zero-order valence-corrected chi connectivity index (χ0v) is 10.5. The maximum atomic E-state index is 10.6. The summed E-state index contributed by atoms with van der Waals surface area (Å²) >= 11 is 3.25. The minimum absolute atomic E-state index is 0.0502. The molecule has 86 valence electrons. The van der Waals surface area contributed by atoms with Crippen LogP contribution in [0.4, 0.5) is 5.69 Å². The lowest BCUT2D eigenvalue weighted by molar-refractivity contribution is -0.384. The maximum absolute atomic E-state index is 10.6. The summed E-state index contributed by atoms with van der Waals surface area (Å²) < 4.78 is 0.852. The predicted molar refractivity (Wildman–Crippen MR) is 67.6 cm³/mol. The van der Waals surface area contributed by atoms with Crippen molar-refractivity contribution in [1.82, 2.24) is 5.32 Å². The van der Waals surface area contributed by atoms with Crippen LogP contribution in [0.15, 0.2) is 35.3 Å². The molecule has 0 bridgehead atoms. The average molecular weight is 285 g/mol. The second-order valence-corrected chi connectivity index (χ2v) is 4.59. The largest absolute Gasteiger partial charge is 0.306 e. The van der Waals surface area contributed by atoms with Gasteiger partial charge in [0.15, 0.2) is 0 Å². The Morgan fingerprint density at radius 3 is 2.94 bits per heavy atom. The van der Waals surface area contributed by atoms with Crippen LogP contribution < -0.4 is 5.32 Å². The summed E-state index contributed by atoms with van der Waals surface area (Å²) in [5.74, 6) is 0. The summed E-state index contributed by atoms with van der Waals surface area (Å²) in [6.45, 7) is 6.29. The molecule has 0 fully saturated rings. The third kappa shape index (κ3) is 3.75. The van der Waals surface area contributed by atoms with Gasteiger partial charge in [-0.25, -0.2) is 0 Å². The fraction of sp³-hybridized carbons (Fsp3) is 0.273. The Morgan fingerprint density at radius 1 is 1.69 bits per heavy atom. The van der Waals surface area contributed by atoms with Crippen LogP contribution in [-0.4, -0.2) is 11.5 Å².